The summed E-state index contributed by atoms with van der Waals surface area (Å²) in [4.78, 5) is 14.0. The maximum Gasteiger partial charge on any atom is 0.387 e. The van der Waals surface area contributed by atoms with Gasteiger partial charge in [-0.3, -0.25) is 4.79 Å². The van der Waals surface area contributed by atoms with Crippen LogP contribution in [-0.2, 0) is 0 Å². The molecule has 0 aliphatic rings. The van der Waals surface area contributed by atoms with Gasteiger partial charge in [-0.1, -0.05) is 12.2 Å². The molecule has 1 rings (SSSR count). The molecule has 0 atom stereocenters. The first kappa shape index (κ1) is 16.3. The molecule has 4 nitrogen and oxygen atoms in total. The summed E-state index contributed by atoms with van der Waals surface area (Å²) < 4.78 is 28.3. The lowest BCUT2D eigenvalue weighted by Crippen LogP contribution is -2.42. The second kappa shape index (κ2) is 7.14. The minimum atomic E-state index is -2.89. The van der Waals surface area contributed by atoms with Crippen molar-refractivity contribution in [3.63, 3.8) is 0 Å². The largest absolute Gasteiger partial charge is 0.435 e. The van der Waals surface area contributed by atoms with E-state index < -0.39 is 6.61 Å². The van der Waals surface area contributed by atoms with Crippen LogP contribution in [0.15, 0.2) is 24.3 Å². The van der Waals surface area contributed by atoms with Crippen molar-refractivity contribution in [3.8, 4) is 5.75 Å². The molecule has 0 aliphatic carbocycles. The fourth-order valence-corrected chi connectivity index (χ4v) is 1.74. The number of amides is 1. The van der Waals surface area contributed by atoms with E-state index in [9.17, 15) is 13.6 Å². The minimum absolute atomic E-state index is 0.00185. The van der Waals surface area contributed by atoms with Crippen LogP contribution in [0.1, 0.15) is 24.2 Å². The fourth-order valence-electron chi connectivity index (χ4n) is 1.60. The third kappa shape index (κ3) is 4.73. The molecule has 2 N–H and O–H groups in total. The quantitative estimate of drug-likeness (QED) is 0.820. The van der Waals surface area contributed by atoms with Crippen LogP contribution in [0.5, 0.6) is 5.75 Å². The number of carbonyl (C=O) groups is 1. The summed E-state index contributed by atoms with van der Waals surface area (Å²) in [6.07, 6.45) is 0. The zero-order chi connectivity index (χ0) is 15.3. The van der Waals surface area contributed by atoms with E-state index in [1.165, 1.54) is 29.2 Å². The van der Waals surface area contributed by atoms with Crippen molar-refractivity contribution in [3.05, 3.63) is 29.8 Å². The van der Waals surface area contributed by atoms with Crippen LogP contribution in [-0.4, -0.2) is 35.0 Å². The lowest BCUT2D eigenvalue weighted by Gasteiger charge is -2.26. The van der Waals surface area contributed by atoms with Crippen molar-refractivity contribution in [1.82, 2.24) is 4.90 Å². The molecular weight excluding hydrogens is 286 g/mol. The summed E-state index contributed by atoms with van der Waals surface area (Å²) in [5.41, 5.74) is 5.82. The maximum absolute atomic E-state index is 12.3. The van der Waals surface area contributed by atoms with Gasteiger partial charge in [-0.15, -0.1) is 0 Å². The first-order valence-corrected chi connectivity index (χ1v) is 6.36. The van der Waals surface area contributed by atoms with Crippen LogP contribution in [0.4, 0.5) is 8.78 Å². The van der Waals surface area contributed by atoms with E-state index in [0.717, 1.165) is 0 Å². The minimum Gasteiger partial charge on any atom is -0.435 e. The van der Waals surface area contributed by atoms with Crippen LogP contribution in [0.3, 0.4) is 0 Å². The number of ether oxygens (including phenoxy) is 1. The van der Waals surface area contributed by atoms with Crippen molar-refractivity contribution in [2.24, 2.45) is 5.73 Å². The Morgan fingerprint density at radius 1 is 1.35 bits per heavy atom. The van der Waals surface area contributed by atoms with Crippen LogP contribution < -0.4 is 10.5 Å². The number of hydrogen-bond acceptors (Lipinski definition) is 3. The molecule has 0 aliphatic heterocycles. The molecule has 0 heterocycles. The number of hydrogen-bond donors (Lipinski definition) is 1. The van der Waals surface area contributed by atoms with Gasteiger partial charge in [-0.25, -0.2) is 0 Å². The van der Waals surface area contributed by atoms with Crippen molar-refractivity contribution in [2.45, 2.75) is 26.5 Å². The van der Waals surface area contributed by atoms with Gasteiger partial charge >= 0.3 is 6.61 Å². The number of rotatable bonds is 6. The van der Waals surface area contributed by atoms with E-state index in [1.54, 1.807) is 0 Å². The first-order chi connectivity index (χ1) is 9.31. The lowest BCUT2D eigenvalue weighted by molar-refractivity contribution is -0.0498. The second-order valence-electron chi connectivity index (χ2n) is 4.40. The van der Waals surface area contributed by atoms with E-state index in [1.807, 2.05) is 13.8 Å². The highest BCUT2D eigenvalue weighted by Gasteiger charge is 2.19. The van der Waals surface area contributed by atoms with Gasteiger partial charge in [-0.2, -0.15) is 8.78 Å². The Bertz CT molecular complexity index is 478. The number of benzene rings is 1. The summed E-state index contributed by atoms with van der Waals surface area (Å²) >= 11 is 4.81. The smallest absolute Gasteiger partial charge is 0.387 e. The average molecular weight is 302 g/mol. The SMILES string of the molecule is CC(C)N(CC(N)=S)C(=O)c1ccc(OC(F)F)cc1. The Hall–Kier alpha value is -1.76. The molecule has 0 radical (unpaired) electrons. The summed E-state index contributed by atoms with van der Waals surface area (Å²) in [5, 5.41) is 0. The third-order valence-corrected chi connectivity index (χ3v) is 2.67. The predicted octanol–water partition coefficient (Wildman–Crippen LogP) is 2.42. The molecule has 0 fully saturated rings. The van der Waals surface area contributed by atoms with Gasteiger partial charge < -0.3 is 15.4 Å². The van der Waals surface area contributed by atoms with Crippen molar-refractivity contribution >= 4 is 23.1 Å². The van der Waals surface area contributed by atoms with Gasteiger partial charge in [0.1, 0.15) is 5.75 Å². The number of nitrogens with zero attached hydrogens (tertiary/aromatic N) is 1. The highest BCUT2D eigenvalue weighted by molar-refractivity contribution is 7.80. The van der Waals surface area contributed by atoms with Crippen molar-refractivity contribution in [1.29, 1.82) is 0 Å². The molecule has 0 saturated carbocycles. The molecule has 0 unspecified atom stereocenters. The van der Waals surface area contributed by atoms with E-state index in [0.29, 0.717) is 5.56 Å². The molecule has 7 heteroatoms. The molecule has 0 saturated heterocycles. The van der Waals surface area contributed by atoms with Crippen LogP contribution in [0.25, 0.3) is 0 Å². The van der Waals surface area contributed by atoms with Crippen molar-refractivity contribution in [2.75, 3.05) is 6.54 Å². The summed E-state index contributed by atoms with van der Waals surface area (Å²) in [7, 11) is 0. The highest BCUT2D eigenvalue weighted by Crippen LogP contribution is 2.16. The van der Waals surface area contributed by atoms with Crippen LogP contribution >= 0.6 is 12.2 Å². The molecule has 1 aromatic carbocycles. The number of alkyl halides is 2. The van der Waals surface area contributed by atoms with E-state index in [4.69, 9.17) is 18.0 Å². The zero-order valence-electron chi connectivity index (χ0n) is 11.2. The van der Waals surface area contributed by atoms with E-state index >= 15 is 0 Å². The molecular formula is C13H16F2N2O2S. The van der Waals surface area contributed by atoms with Gasteiger partial charge in [0.05, 0.1) is 11.5 Å². The van der Waals surface area contributed by atoms with E-state index in [-0.39, 0.29) is 29.2 Å². The van der Waals surface area contributed by atoms with Gasteiger partial charge in [0, 0.05) is 11.6 Å². The van der Waals surface area contributed by atoms with Gasteiger partial charge in [-0.05, 0) is 38.1 Å². The van der Waals surface area contributed by atoms with E-state index in [2.05, 4.69) is 4.74 Å². The van der Waals surface area contributed by atoms with Crippen LogP contribution in [0, 0.1) is 0 Å². The summed E-state index contributed by atoms with van der Waals surface area (Å²) in [6, 6.07) is 5.41. The number of carbonyl (C=O) groups excluding carboxylic acids is 1. The van der Waals surface area contributed by atoms with Crippen LogP contribution in [0.2, 0.25) is 0 Å². The molecule has 1 amide bonds. The molecule has 20 heavy (non-hydrogen) atoms. The number of nitrogens with two attached hydrogens (primary N) is 1. The molecule has 0 aromatic heterocycles. The van der Waals surface area contributed by atoms with Crippen molar-refractivity contribution < 1.29 is 18.3 Å². The summed E-state index contributed by atoms with van der Waals surface area (Å²) in [5.74, 6) is -0.265. The molecule has 0 spiro atoms. The lowest BCUT2D eigenvalue weighted by atomic mass is 10.1. The first-order valence-electron chi connectivity index (χ1n) is 5.95. The standard InChI is InChI=1S/C13H16F2N2O2S/c1-8(2)17(7-11(16)20)12(18)9-3-5-10(6-4-9)19-13(14)15/h3-6,8,13H,7H2,1-2H3,(H2,16,20). The molecule has 1 aromatic rings. The highest BCUT2D eigenvalue weighted by atomic mass is 32.1. The topological polar surface area (TPSA) is 55.6 Å². The molecule has 110 valence electrons. The maximum atomic E-state index is 12.3. The van der Waals surface area contributed by atoms with Gasteiger partial charge in [0.25, 0.3) is 5.91 Å². The van der Waals surface area contributed by atoms with Gasteiger partial charge in [0.15, 0.2) is 0 Å². The zero-order valence-corrected chi connectivity index (χ0v) is 12.0. The Morgan fingerprint density at radius 3 is 2.30 bits per heavy atom. The predicted molar refractivity (Wildman–Crippen MR) is 76.0 cm³/mol. The average Bonchev–Trinajstić information content (AvgIpc) is 2.35. The Balaban J connectivity index is 2.86. The monoisotopic (exact) mass is 302 g/mol. The Kier molecular flexibility index (Phi) is 5.82. The molecule has 0 bridgehead atoms. The third-order valence-electron chi connectivity index (χ3n) is 2.54. The Morgan fingerprint density at radius 2 is 1.90 bits per heavy atom. The Labute approximate surface area is 121 Å². The normalized spacial score (nSPS) is 10.7. The number of thiocarbonyl (C=S) groups is 1. The summed E-state index contributed by atoms with van der Waals surface area (Å²) in [6.45, 7) is 0.953. The number of halogens is 2. The second-order valence-corrected chi connectivity index (χ2v) is 4.92. The van der Waals surface area contributed by atoms with Gasteiger partial charge in [0.2, 0.25) is 0 Å². The fraction of sp³-hybridized carbons (Fsp3) is 0.385.